The molecule has 0 spiro atoms. The number of nitrogens with one attached hydrogen (secondary N) is 2. The zero-order valence-corrected chi connectivity index (χ0v) is 11.6. The Balaban J connectivity index is 2.72. The number of carboxylic acids is 1. The molecule has 1 saturated heterocycles. The van der Waals surface area contributed by atoms with Crippen molar-refractivity contribution in [1.29, 1.82) is 0 Å². The van der Waals surface area contributed by atoms with Gasteiger partial charge in [-0.05, 0) is 27.7 Å². The van der Waals surface area contributed by atoms with E-state index in [1.807, 2.05) is 0 Å². The van der Waals surface area contributed by atoms with E-state index in [1.54, 1.807) is 27.7 Å². The topological polar surface area (TPSA) is 105 Å². The van der Waals surface area contributed by atoms with E-state index in [4.69, 9.17) is 9.84 Å². The molecule has 0 aromatic carbocycles. The molecule has 2 atom stereocenters. The standard InChI is InChI=1S/C12H20N2O5/c1-11(2,3)19-10(18)13-7-5-8(15)14-12(7,4)6-9(16)17/h7H,5-6H2,1-4H3,(H,13,18)(H,14,15)(H,16,17)/t7-,12+/m0/s1. The molecule has 19 heavy (non-hydrogen) atoms. The highest BCUT2D eigenvalue weighted by Gasteiger charge is 2.45. The Morgan fingerprint density at radius 2 is 2.11 bits per heavy atom. The lowest BCUT2D eigenvalue weighted by atomic mass is 9.91. The van der Waals surface area contributed by atoms with Gasteiger partial charge in [0, 0.05) is 6.42 Å². The van der Waals surface area contributed by atoms with Gasteiger partial charge in [-0.3, -0.25) is 9.59 Å². The van der Waals surface area contributed by atoms with Gasteiger partial charge in [0.25, 0.3) is 0 Å². The van der Waals surface area contributed by atoms with Crippen LogP contribution < -0.4 is 10.6 Å². The molecular weight excluding hydrogens is 252 g/mol. The van der Waals surface area contributed by atoms with Crippen LogP contribution in [0.5, 0.6) is 0 Å². The number of hydrogen-bond acceptors (Lipinski definition) is 4. The highest BCUT2D eigenvalue weighted by Crippen LogP contribution is 2.24. The molecule has 1 aliphatic rings. The largest absolute Gasteiger partial charge is 0.481 e. The van der Waals surface area contributed by atoms with Gasteiger partial charge in [0.05, 0.1) is 18.0 Å². The van der Waals surface area contributed by atoms with Crippen LogP contribution in [-0.2, 0) is 14.3 Å². The summed E-state index contributed by atoms with van der Waals surface area (Å²) in [4.78, 5) is 33.9. The van der Waals surface area contributed by atoms with Crippen molar-refractivity contribution in [3.8, 4) is 0 Å². The van der Waals surface area contributed by atoms with Crippen molar-refractivity contribution in [2.24, 2.45) is 0 Å². The molecule has 0 bridgehead atoms. The van der Waals surface area contributed by atoms with Gasteiger partial charge in [-0.15, -0.1) is 0 Å². The summed E-state index contributed by atoms with van der Waals surface area (Å²) in [5.74, 6) is -1.33. The van der Waals surface area contributed by atoms with E-state index < -0.39 is 29.2 Å². The first-order chi connectivity index (χ1) is 8.52. The van der Waals surface area contributed by atoms with Crippen LogP contribution in [0, 0.1) is 0 Å². The summed E-state index contributed by atoms with van der Waals surface area (Å²) in [6, 6.07) is -0.606. The third-order valence-electron chi connectivity index (χ3n) is 2.79. The van der Waals surface area contributed by atoms with Gasteiger partial charge in [-0.1, -0.05) is 0 Å². The Kier molecular flexibility index (Phi) is 4.07. The second-order valence-electron chi connectivity index (χ2n) is 5.94. The SMILES string of the molecule is CC(C)(C)OC(=O)N[C@H]1CC(=O)N[C@]1(C)CC(=O)O. The van der Waals surface area contributed by atoms with Crippen LogP contribution in [0.1, 0.15) is 40.5 Å². The van der Waals surface area contributed by atoms with Gasteiger partial charge >= 0.3 is 12.1 Å². The van der Waals surface area contributed by atoms with E-state index in [2.05, 4.69) is 10.6 Å². The van der Waals surface area contributed by atoms with Crippen LogP contribution in [0.3, 0.4) is 0 Å². The second-order valence-corrected chi connectivity index (χ2v) is 5.94. The summed E-state index contributed by atoms with van der Waals surface area (Å²) in [7, 11) is 0. The molecule has 0 unspecified atom stereocenters. The van der Waals surface area contributed by atoms with Crippen LogP contribution in [-0.4, -0.2) is 40.3 Å². The number of carboxylic acid groups (broad SMARTS) is 1. The van der Waals surface area contributed by atoms with Gasteiger partial charge in [-0.25, -0.2) is 4.79 Å². The number of aliphatic carboxylic acids is 1. The molecule has 0 saturated carbocycles. The fourth-order valence-electron chi connectivity index (χ4n) is 2.01. The van der Waals surface area contributed by atoms with Gasteiger partial charge in [0.15, 0.2) is 0 Å². The number of carbonyl (C=O) groups excluding carboxylic acids is 2. The highest BCUT2D eigenvalue weighted by atomic mass is 16.6. The number of rotatable bonds is 3. The van der Waals surface area contributed by atoms with Crippen molar-refractivity contribution in [1.82, 2.24) is 10.6 Å². The van der Waals surface area contributed by atoms with Crippen LogP contribution in [0.25, 0.3) is 0 Å². The maximum absolute atomic E-state index is 11.7. The molecule has 0 aromatic rings. The molecule has 7 nitrogen and oxygen atoms in total. The molecule has 0 aliphatic carbocycles. The Morgan fingerprint density at radius 3 is 2.58 bits per heavy atom. The summed E-state index contributed by atoms with van der Waals surface area (Å²) < 4.78 is 5.10. The summed E-state index contributed by atoms with van der Waals surface area (Å²) in [5, 5.41) is 14.0. The maximum Gasteiger partial charge on any atom is 0.407 e. The number of hydrogen-bond donors (Lipinski definition) is 3. The van der Waals surface area contributed by atoms with Gasteiger partial charge < -0.3 is 20.5 Å². The number of carbonyl (C=O) groups is 3. The van der Waals surface area contributed by atoms with Crippen LogP contribution in [0.15, 0.2) is 0 Å². The first-order valence-electron chi connectivity index (χ1n) is 6.04. The first-order valence-corrected chi connectivity index (χ1v) is 6.04. The summed E-state index contributed by atoms with van der Waals surface area (Å²) >= 11 is 0. The molecule has 1 rings (SSSR count). The monoisotopic (exact) mass is 272 g/mol. The predicted octanol–water partition coefficient (Wildman–Crippen LogP) is 0.633. The minimum atomic E-state index is -1.04. The third-order valence-corrected chi connectivity index (χ3v) is 2.79. The van der Waals surface area contributed by atoms with E-state index in [0.717, 1.165) is 0 Å². The Bertz CT molecular complexity index is 401. The predicted molar refractivity (Wildman–Crippen MR) is 66.6 cm³/mol. The molecule has 7 heteroatoms. The molecule has 0 radical (unpaired) electrons. The average molecular weight is 272 g/mol. The van der Waals surface area contributed by atoms with E-state index in [9.17, 15) is 14.4 Å². The number of alkyl carbamates (subject to hydrolysis) is 1. The highest BCUT2D eigenvalue weighted by molar-refractivity contribution is 5.84. The molecule has 1 fully saturated rings. The van der Waals surface area contributed by atoms with Gasteiger partial charge in [-0.2, -0.15) is 0 Å². The molecule has 108 valence electrons. The van der Waals surface area contributed by atoms with E-state index >= 15 is 0 Å². The lowest BCUT2D eigenvalue weighted by molar-refractivity contribution is -0.138. The smallest absolute Gasteiger partial charge is 0.407 e. The zero-order chi connectivity index (χ0) is 14.8. The van der Waals surface area contributed by atoms with Gasteiger partial charge in [0.2, 0.25) is 5.91 Å². The molecule has 2 amide bonds. The minimum Gasteiger partial charge on any atom is -0.481 e. The molecule has 1 aliphatic heterocycles. The van der Waals surface area contributed by atoms with Crippen molar-refractivity contribution in [2.45, 2.75) is 57.7 Å². The second kappa shape index (κ2) is 5.07. The normalized spacial score (nSPS) is 26.7. The van der Waals surface area contributed by atoms with Crippen LogP contribution in [0.4, 0.5) is 4.79 Å². The zero-order valence-electron chi connectivity index (χ0n) is 11.6. The molecule has 1 heterocycles. The maximum atomic E-state index is 11.7. The summed E-state index contributed by atoms with van der Waals surface area (Å²) in [5.41, 5.74) is -1.65. The first kappa shape index (κ1) is 15.3. The third kappa shape index (κ3) is 4.42. The van der Waals surface area contributed by atoms with Crippen molar-refractivity contribution in [3.63, 3.8) is 0 Å². The van der Waals surface area contributed by atoms with Crippen molar-refractivity contribution in [2.75, 3.05) is 0 Å². The Hall–Kier alpha value is -1.79. The summed E-state index contributed by atoms with van der Waals surface area (Å²) in [6.07, 6.45) is -0.881. The lowest BCUT2D eigenvalue weighted by Gasteiger charge is -2.30. The van der Waals surface area contributed by atoms with Gasteiger partial charge in [0.1, 0.15) is 5.60 Å². The Morgan fingerprint density at radius 1 is 1.53 bits per heavy atom. The van der Waals surface area contributed by atoms with Crippen molar-refractivity contribution < 1.29 is 24.2 Å². The number of amides is 2. The number of ether oxygens (including phenoxy) is 1. The van der Waals surface area contributed by atoms with E-state index in [1.165, 1.54) is 0 Å². The van der Waals surface area contributed by atoms with Crippen molar-refractivity contribution >= 4 is 18.0 Å². The average Bonchev–Trinajstić information content (AvgIpc) is 2.35. The Labute approximate surface area is 111 Å². The molecule has 0 aromatic heterocycles. The molecular formula is C12H20N2O5. The molecule has 3 N–H and O–H groups in total. The fourth-order valence-corrected chi connectivity index (χ4v) is 2.01. The quantitative estimate of drug-likeness (QED) is 0.699. The minimum absolute atomic E-state index is 0.0447. The van der Waals surface area contributed by atoms with E-state index in [0.29, 0.717) is 0 Å². The van der Waals surface area contributed by atoms with Crippen LogP contribution in [0.2, 0.25) is 0 Å². The lowest BCUT2D eigenvalue weighted by Crippen LogP contribution is -2.54. The van der Waals surface area contributed by atoms with Crippen LogP contribution >= 0.6 is 0 Å². The fraction of sp³-hybridized carbons (Fsp3) is 0.750. The van der Waals surface area contributed by atoms with Crippen molar-refractivity contribution in [3.05, 3.63) is 0 Å². The summed E-state index contributed by atoms with van der Waals surface area (Å²) in [6.45, 7) is 6.76. The van der Waals surface area contributed by atoms with E-state index in [-0.39, 0.29) is 18.7 Å².